The van der Waals surface area contributed by atoms with Crippen LogP contribution in [0.4, 0.5) is 35.1 Å². The minimum atomic E-state index is -4.70. The second-order valence-electron chi connectivity index (χ2n) is 10.1. The van der Waals surface area contributed by atoms with Crippen LogP contribution in [-0.2, 0) is 12.5 Å². The van der Waals surface area contributed by atoms with Crippen molar-refractivity contribution in [2.75, 3.05) is 0 Å². The van der Waals surface area contributed by atoms with E-state index in [-0.39, 0.29) is 17.5 Å². The Morgan fingerprint density at radius 3 is 1.79 bits per heavy atom. The average Bonchev–Trinajstić information content (AvgIpc) is 2.78. The summed E-state index contributed by atoms with van der Waals surface area (Å²) in [6.45, 7) is 3.55. The molecule has 4 rings (SSSR count). The van der Waals surface area contributed by atoms with E-state index < -0.39 is 63.5 Å². The average molecular weight is 543 g/mol. The first kappa shape index (κ1) is 27.9. The molecule has 1 aliphatic rings. The van der Waals surface area contributed by atoms with Crippen LogP contribution in [0.2, 0.25) is 0 Å². The number of rotatable bonds is 7. The van der Waals surface area contributed by atoms with Crippen LogP contribution in [-0.4, -0.2) is 0 Å². The number of ether oxygens (including phenoxy) is 1. The molecule has 3 aromatic rings. The van der Waals surface area contributed by atoms with Crippen LogP contribution in [0.1, 0.15) is 55.7 Å². The van der Waals surface area contributed by atoms with Crippen molar-refractivity contribution in [3.05, 3.63) is 88.0 Å². The van der Waals surface area contributed by atoms with Crippen LogP contribution in [0.25, 0.3) is 11.1 Å². The minimum absolute atomic E-state index is 0.0736. The van der Waals surface area contributed by atoms with E-state index in [1.54, 1.807) is 0 Å². The fraction of sp³-hybridized carbons (Fsp3) is 0.379. The molecule has 0 amide bonds. The van der Waals surface area contributed by atoms with Crippen molar-refractivity contribution < 1.29 is 39.9 Å². The van der Waals surface area contributed by atoms with Gasteiger partial charge in [0.25, 0.3) is 0 Å². The third kappa shape index (κ3) is 5.97. The maximum Gasteiger partial charge on any atom is 0.432 e. The quantitative estimate of drug-likeness (QED) is 0.270. The number of alkyl halides is 2. The zero-order valence-corrected chi connectivity index (χ0v) is 20.8. The highest BCUT2D eigenvalue weighted by molar-refractivity contribution is 5.66. The van der Waals surface area contributed by atoms with Gasteiger partial charge >= 0.3 is 6.11 Å². The molecule has 0 bridgehead atoms. The Bertz CT molecular complexity index is 1260. The minimum Gasteiger partial charge on any atom is -0.429 e. The van der Waals surface area contributed by atoms with E-state index in [2.05, 4.69) is 11.7 Å². The summed E-state index contributed by atoms with van der Waals surface area (Å²) in [4.78, 5) is 0. The largest absolute Gasteiger partial charge is 0.432 e. The van der Waals surface area contributed by atoms with Crippen LogP contribution in [0, 0.1) is 53.7 Å². The Hall–Kier alpha value is -3.10. The van der Waals surface area contributed by atoms with E-state index >= 15 is 0 Å². The van der Waals surface area contributed by atoms with Gasteiger partial charge in [-0.2, -0.15) is 8.78 Å². The highest BCUT2D eigenvalue weighted by atomic mass is 19.3. The van der Waals surface area contributed by atoms with E-state index in [4.69, 9.17) is 0 Å². The third-order valence-corrected chi connectivity index (χ3v) is 7.11. The molecule has 0 heterocycles. The Morgan fingerprint density at radius 1 is 0.737 bits per heavy atom. The highest BCUT2D eigenvalue weighted by Crippen LogP contribution is 2.39. The predicted octanol–water partition coefficient (Wildman–Crippen LogP) is 9.38. The molecule has 0 spiro atoms. The molecule has 0 saturated heterocycles. The summed E-state index contributed by atoms with van der Waals surface area (Å²) in [5, 5.41) is 0. The second kappa shape index (κ2) is 10.9. The molecule has 0 unspecified atom stereocenters. The first-order valence-electron chi connectivity index (χ1n) is 12.4. The zero-order valence-electron chi connectivity index (χ0n) is 20.8. The second-order valence-corrected chi connectivity index (χ2v) is 10.1. The molecular weight excluding hydrogens is 516 g/mol. The van der Waals surface area contributed by atoms with Crippen LogP contribution < -0.4 is 4.74 Å². The molecular formula is C29H26F8O. The van der Waals surface area contributed by atoms with Gasteiger partial charge in [0.15, 0.2) is 0 Å². The van der Waals surface area contributed by atoms with Crippen LogP contribution in [0.3, 0.4) is 0 Å². The van der Waals surface area contributed by atoms with Crippen molar-refractivity contribution >= 4 is 0 Å². The van der Waals surface area contributed by atoms with Gasteiger partial charge in [-0.3, -0.25) is 0 Å². The summed E-state index contributed by atoms with van der Waals surface area (Å²) in [6, 6.07) is 3.59. The van der Waals surface area contributed by atoms with Crippen molar-refractivity contribution in [1.29, 1.82) is 0 Å². The van der Waals surface area contributed by atoms with Crippen molar-refractivity contribution in [2.45, 2.75) is 58.5 Å². The number of halogens is 8. The first-order valence-corrected chi connectivity index (χ1v) is 12.4. The van der Waals surface area contributed by atoms with Crippen molar-refractivity contribution in [3.8, 4) is 16.9 Å². The SMILES string of the molecule is Cc1cc(F)c(-c2cc(F)c(C(F)(F)Oc3cc(F)c(CCC4CCC(C)CC4)c(F)c3)c(F)c2)c(F)c1. The molecule has 3 aromatic carbocycles. The van der Waals surface area contributed by atoms with E-state index in [9.17, 15) is 35.1 Å². The van der Waals surface area contributed by atoms with Gasteiger partial charge in [0.2, 0.25) is 0 Å². The van der Waals surface area contributed by atoms with E-state index in [1.165, 1.54) is 6.92 Å². The molecule has 0 radical (unpaired) electrons. The van der Waals surface area contributed by atoms with Gasteiger partial charge in [0, 0.05) is 17.7 Å². The monoisotopic (exact) mass is 542 g/mol. The lowest BCUT2D eigenvalue weighted by Crippen LogP contribution is -2.25. The van der Waals surface area contributed by atoms with Crippen LogP contribution >= 0.6 is 0 Å². The Labute approximate surface area is 215 Å². The number of hydrogen-bond donors (Lipinski definition) is 0. The van der Waals surface area contributed by atoms with Gasteiger partial charge in [-0.15, -0.1) is 0 Å². The lowest BCUT2D eigenvalue weighted by Gasteiger charge is -2.26. The van der Waals surface area contributed by atoms with Gasteiger partial charge in [0.1, 0.15) is 46.2 Å². The molecule has 1 aliphatic carbocycles. The Balaban J connectivity index is 1.55. The highest BCUT2D eigenvalue weighted by Gasteiger charge is 2.42. The van der Waals surface area contributed by atoms with Crippen LogP contribution in [0.15, 0.2) is 36.4 Å². The zero-order chi connectivity index (χ0) is 27.8. The van der Waals surface area contributed by atoms with E-state index in [0.29, 0.717) is 42.5 Å². The van der Waals surface area contributed by atoms with Gasteiger partial charge in [0.05, 0.1) is 5.56 Å². The maximum absolute atomic E-state index is 14.8. The molecule has 1 fully saturated rings. The summed E-state index contributed by atoms with van der Waals surface area (Å²) in [5.41, 5.74) is -3.39. The summed E-state index contributed by atoms with van der Waals surface area (Å²) in [5.74, 6) is -8.24. The fourth-order valence-corrected chi connectivity index (χ4v) is 5.01. The molecule has 1 saturated carbocycles. The van der Waals surface area contributed by atoms with E-state index in [0.717, 1.165) is 37.8 Å². The fourth-order valence-electron chi connectivity index (χ4n) is 5.01. The topological polar surface area (TPSA) is 9.23 Å². The molecule has 38 heavy (non-hydrogen) atoms. The number of aryl methyl sites for hydroxylation is 1. The predicted molar refractivity (Wildman–Crippen MR) is 127 cm³/mol. The first-order chi connectivity index (χ1) is 17.9. The van der Waals surface area contributed by atoms with Crippen LogP contribution in [0.5, 0.6) is 5.75 Å². The standard InChI is InChI=1S/C29H26F8O/c1-15-3-5-17(6-4-15)7-8-20-21(30)13-19(14-22(20)31)38-29(36,37)28-25(34)11-18(12-26(28)35)27-23(32)9-16(2)10-24(27)33/h9-15,17H,3-8H2,1-2H3. The van der Waals surface area contributed by atoms with Crippen molar-refractivity contribution in [1.82, 2.24) is 0 Å². The third-order valence-electron chi connectivity index (χ3n) is 7.11. The summed E-state index contributed by atoms with van der Waals surface area (Å²) < 4.78 is 121. The van der Waals surface area contributed by atoms with Gasteiger partial charge in [-0.05, 0) is 67.0 Å². The molecule has 0 atom stereocenters. The lowest BCUT2D eigenvalue weighted by atomic mass is 9.80. The van der Waals surface area contributed by atoms with Gasteiger partial charge in [-0.25, -0.2) is 26.3 Å². The van der Waals surface area contributed by atoms with Crippen molar-refractivity contribution in [3.63, 3.8) is 0 Å². The molecule has 204 valence electrons. The summed E-state index contributed by atoms with van der Waals surface area (Å²) >= 11 is 0. The maximum atomic E-state index is 14.8. The molecule has 1 nitrogen and oxygen atoms in total. The summed E-state index contributed by atoms with van der Waals surface area (Å²) in [6.07, 6.45) is -0.0861. The Kier molecular flexibility index (Phi) is 8.04. The Morgan fingerprint density at radius 2 is 1.26 bits per heavy atom. The number of hydrogen-bond acceptors (Lipinski definition) is 1. The molecule has 0 aromatic heterocycles. The molecule has 9 heteroatoms. The number of benzene rings is 3. The molecule has 0 aliphatic heterocycles. The normalized spacial score (nSPS) is 18.1. The molecule has 0 N–H and O–H groups in total. The van der Waals surface area contributed by atoms with Gasteiger partial charge < -0.3 is 4.74 Å². The summed E-state index contributed by atoms with van der Waals surface area (Å²) in [7, 11) is 0. The van der Waals surface area contributed by atoms with Gasteiger partial charge in [-0.1, -0.05) is 32.6 Å². The smallest absolute Gasteiger partial charge is 0.429 e. The lowest BCUT2D eigenvalue weighted by molar-refractivity contribution is -0.189. The van der Waals surface area contributed by atoms with E-state index in [1.807, 2.05) is 0 Å². The van der Waals surface area contributed by atoms with Crippen molar-refractivity contribution in [2.24, 2.45) is 11.8 Å².